The summed E-state index contributed by atoms with van der Waals surface area (Å²) in [5.74, 6) is -1.66. The van der Waals surface area contributed by atoms with Crippen LogP contribution in [0.1, 0.15) is 23.6 Å². The van der Waals surface area contributed by atoms with E-state index in [4.69, 9.17) is 5.11 Å². The molecule has 0 heterocycles. The van der Waals surface area contributed by atoms with Gasteiger partial charge in [0.05, 0.1) is 19.6 Å². The monoisotopic (exact) mass is 379 g/mol. The average Bonchev–Trinajstić information content (AvgIpc) is 2.95. The summed E-state index contributed by atoms with van der Waals surface area (Å²) >= 11 is 0. The minimum atomic E-state index is -4.95. The summed E-state index contributed by atoms with van der Waals surface area (Å²) in [6.45, 7) is 0. The van der Waals surface area contributed by atoms with Gasteiger partial charge in [0.1, 0.15) is 6.04 Å². The number of nitrogens with zero attached hydrogens (tertiary/aromatic N) is 1. The summed E-state index contributed by atoms with van der Waals surface area (Å²) in [5.41, 5.74) is 2.37. The van der Waals surface area contributed by atoms with Gasteiger partial charge in [-0.25, -0.2) is 4.79 Å². The Morgan fingerprint density at radius 3 is 1.96 bits per heavy atom. The lowest BCUT2D eigenvalue weighted by molar-refractivity contribution is -0.189. The van der Waals surface area contributed by atoms with E-state index in [9.17, 15) is 22.8 Å². The Morgan fingerprint density at radius 1 is 1.07 bits per heavy atom. The van der Waals surface area contributed by atoms with Gasteiger partial charge in [-0.1, -0.05) is 48.5 Å². The number of fused-ring (bicyclic) bond motifs is 3. The molecule has 0 bridgehead atoms. The Balaban J connectivity index is 2.21. The number of carbonyl (C=O) groups is 2. The topological polar surface area (TPSA) is 66.8 Å². The van der Waals surface area contributed by atoms with Gasteiger partial charge in [0.2, 0.25) is 0 Å². The second-order valence-corrected chi connectivity index (χ2v) is 6.11. The first-order chi connectivity index (χ1) is 12.8. The first-order valence-electron chi connectivity index (χ1n) is 8.08. The molecule has 0 aromatic heterocycles. The minimum Gasteiger partial charge on any atom is -0.481 e. The maximum absolute atomic E-state index is 13.7. The second kappa shape index (κ2) is 6.94. The number of ether oxygens (including phenoxy) is 1. The fourth-order valence-electron chi connectivity index (χ4n) is 3.48. The summed E-state index contributed by atoms with van der Waals surface area (Å²) in [5, 5.41) is 9.01. The number of hydrogen-bond donors (Lipinski definition) is 1. The van der Waals surface area contributed by atoms with Crippen LogP contribution in [-0.2, 0) is 9.53 Å². The van der Waals surface area contributed by atoms with E-state index in [1.165, 1.54) is 0 Å². The third-order valence-corrected chi connectivity index (χ3v) is 4.55. The Labute approximate surface area is 153 Å². The van der Waals surface area contributed by atoms with Crippen molar-refractivity contribution in [1.29, 1.82) is 0 Å². The van der Waals surface area contributed by atoms with Crippen molar-refractivity contribution in [1.82, 2.24) is 4.90 Å². The lowest BCUT2D eigenvalue weighted by Gasteiger charge is -2.36. The van der Waals surface area contributed by atoms with E-state index in [1.54, 1.807) is 48.5 Å². The van der Waals surface area contributed by atoms with Crippen LogP contribution in [0.2, 0.25) is 0 Å². The van der Waals surface area contributed by atoms with Crippen LogP contribution in [0.15, 0.2) is 48.5 Å². The molecule has 1 aliphatic rings. The third-order valence-electron chi connectivity index (χ3n) is 4.55. The van der Waals surface area contributed by atoms with Gasteiger partial charge in [0.25, 0.3) is 0 Å². The molecule has 2 aromatic rings. The van der Waals surface area contributed by atoms with Crippen molar-refractivity contribution in [2.24, 2.45) is 0 Å². The molecule has 0 aliphatic heterocycles. The molecule has 1 atom stereocenters. The van der Waals surface area contributed by atoms with Gasteiger partial charge >= 0.3 is 18.2 Å². The van der Waals surface area contributed by atoms with Crippen molar-refractivity contribution in [2.75, 3.05) is 7.11 Å². The molecular formula is C19H16F3NO4. The maximum atomic E-state index is 13.7. The lowest BCUT2D eigenvalue weighted by Crippen LogP contribution is -2.51. The zero-order chi connectivity index (χ0) is 19.8. The van der Waals surface area contributed by atoms with Crippen LogP contribution < -0.4 is 0 Å². The standard InChI is InChI=1S/C19H16F3NO4/c1-27-18(26)23(15(10-16(24)25)19(20,21)22)17-13-8-4-2-6-11(13)12-7-3-5-9-14(12)17/h2-9,15,17H,10H2,1H3,(H,24,25)/t15-/m0/s1. The normalized spacial score (nSPS) is 14.2. The van der Waals surface area contributed by atoms with Crippen molar-refractivity contribution in [3.63, 3.8) is 0 Å². The number of carboxylic acid groups (broad SMARTS) is 1. The van der Waals surface area contributed by atoms with Crippen LogP contribution in [0, 0.1) is 0 Å². The molecule has 0 saturated heterocycles. The summed E-state index contributed by atoms with van der Waals surface area (Å²) in [7, 11) is 0.969. The number of amides is 1. The minimum absolute atomic E-state index is 0.485. The Morgan fingerprint density at radius 2 is 1.56 bits per heavy atom. The van der Waals surface area contributed by atoms with Gasteiger partial charge < -0.3 is 9.84 Å². The van der Waals surface area contributed by atoms with Crippen LogP contribution in [0.4, 0.5) is 18.0 Å². The quantitative estimate of drug-likeness (QED) is 0.863. The molecule has 2 aromatic carbocycles. The molecule has 0 saturated carbocycles. The molecule has 1 aliphatic carbocycles. The van der Waals surface area contributed by atoms with Gasteiger partial charge in [-0.15, -0.1) is 0 Å². The van der Waals surface area contributed by atoms with E-state index in [0.717, 1.165) is 7.11 Å². The summed E-state index contributed by atoms with van der Waals surface area (Å²) in [6.07, 6.45) is -7.46. The molecule has 142 valence electrons. The fraction of sp³-hybridized carbons (Fsp3) is 0.263. The van der Waals surface area contributed by atoms with E-state index in [-0.39, 0.29) is 0 Å². The SMILES string of the molecule is COC(=O)N(C1c2ccccc2-c2ccccc21)[C@@H](CC(=O)O)C(F)(F)F. The molecule has 0 spiro atoms. The number of methoxy groups -OCH3 is 1. The lowest BCUT2D eigenvalue weighted by atomic mass is 10.0. The molecular weight excluding hydrogens is 363 g/mol. The summed E-state index contributed by atoms with van der Waals surface area (Å²) in [4.78, 5) is 24.0. The van der Waals surface area contributed by atoms with Gasteiger partial charge in [0.15, 0.2) is 0 Å². The van der Waals surface area contributed by atoms with Gasteiger partial charge in [0, 0.05) is 0 Å². The van der Waals surface area contributed by atoms with Crippen molar-refractivity contribution >= 4 is 12.1 Å². The van der Waals surface area contributed by atoms with Crippen LogP contribution >= 0.6 is 0 Å². The largest absolute Gasteiger partial charge is 0.481 e. The van der Waals surface area contributed by atoms with Crippen molar-refractivity contribution in [3.05, 3.63) is 59.7 Å². The number of rotatable bonds is 4. The number of alkyl halides is 3. The maximum Gasteiger partial charge on any atom is 0.410 e. The number of carboxylic acids is 1. The Kier molecular flexibility index (Phi) is 4.82. The van der Waals surface area contributed by atoms with E-state index < -0.39 is 36.7 Å². The number of carbonyl (C=O) groups excluding carboxylic acids is 1. The molecule has 3 rings (SSSR count). The second-order valence-electron chi connectivity index (χ2n) is 6.11. The van der Waals surface area contributed by atoms with Crippen LogP contribution in [0.25, 0.3) is 11.1 Å². The van der Waals surface area contributed by atoms with E-state index in [2.05, 4.69) is 4.74 Å². The van der Waals surface area contributed by atoms with E-state index in [0.29, 0.717) is 27.2 Å². The predicted molar refractivity (Wildman–Crippen MR) is 90.1 cm³/mol. The number of benzene rings is 2. The van der Waals surface area contributed by atoms with Crippen molar-refractivity contribution in [2.45, 2.75) is 24.7 Å². The number of aliphatic carboxylic acids is 1. The highest BCUT2D eigenvalue weighted by molar-refractivity contribution is 5.81. The highest BCUT2D eigenvalue weighted by atomic mass is 19.4. The summed E-state index contributed by atoms with van der Waals surface area (Å²) in [6, 6.07) is 9.95. The van der Waals surface area contributed by atoms with Crippen LogP contribution in [0.3, 0.4) is 0 Å². The summed E-state index contributed by atoms with van der Waals surface area (Å²) < 4.78 is 45.8. The number of halogens is 3. The van der Waals surface area contributed by atoms with Crippen LogP contribution in [-0.4, -0.2) is 41.4 Å². The molecule has 27 heavy (non-hydrogen) atoms. The Bertz CT molecular complexity index is 836. The molecule has 0 fully saturated rings. The van der Waals surface area contributed by atoms with E-state index >= 15 is 0 Å². The average molecular weight is 379 g/mol. The molecule has 1 amide bonds. The third kappa shape index (κ3) is 3.34. The fourth-order valence-corrected chi connectivity index (χ4v) is 3.48. The molecule has 1 N–H and O–H groups in total. The first kappa shape index (κ1) is 18.8. The zero-order valence-corrected chi connectivity index (χ0v) is 14.2. The highest BCUT2D eigenvalue weighted by Gasteiger charge is 2.51. The van der Waals surface area contributed by atoms with Gasteiger partial charge in [-0.05, 0) is 22.3 Å². The zero-order valence-electron chi connectivity index (χ0n) is 14.2. The Hall–Kier alpha value is -3.03. The highest BCUT2D eigenvalue weighted by Crippen LogP contribution is 2.48. The molecule has 8 heteroatoms. The molecule has 5 nitrogen and oxygen atoms in total. The van der Waals surface area contributed by atoms with Gasteiger partial charge in [-0.2, -0.15) is 13.2 Å². The first-order valence-corrected chi connectivity index (χ1v) is 8.08. The molecule has 0 radical (unpaired) electrons. The number of hydrogen-bond acceptors (Lipinski definition) is 3. The van der Waals surface area contributed by atoms with E-state index in [1.807, 2.05) is 0 Å². The van der Waals surface area contributed by atoms with Crippen molar-refractivity contribution in [3.8, 4) is 11.1 Å². The molecule has 0 unspecified atom stereocenters. The predicted octanol–water partition coefficient (Wildman–Crippen LogP) is 4.23. The smallest absolute Gasteiger partial charge is 0.410 e. The van der Waals surface area contributed by atoms with Crippen molar-refractivity contribution < 1.29 is 32.6 Å². The van der Waals surface area contributed by atoms with Gasteiger partial charge in [-0.3, -0.25) is 9.69 Å². The van der Waals surface area contributed by atoms with Crippen LogP contribution in [0.5, 0.6) is 0 Å².